The molecule has 1 fully saturated rings. The second-order valence-electron chi connectivity index (χ2n) is 4.64. The number of hydrogen-bond acceptors (Lipinski definition) is 3. The van der Waals surface area contributed by atoms with E-state index in [-0.39, 0.29) is 11.5 Å². The zero-order valence-corrected chi connectivity index (χ0v) is 9.15. The van der Waals surface area contributed by atoms with Gasteiger partial charge < -0.3 is 5.11 Å². The second-order valence-corrected chi connectivity index (χ2v) is 5.88. The second kappa shape index (κ2) is 3.88. The molecule has 13 heavy (non-hydrogen) atoms. The Balaban J connectivity index is 2.38. The van der Waals surface area contributed by atoms with Gasteiger partial charge in [-0.2, -0.15) is 0 Å². The van der Waals surface area contributed by atoms with Crippen LogP contribution >= 0.6 is 11.8 Å². The average molecular weight is 203 g/mol. The molecule has 3 nitrogen and oxygen atoms in total. The largest absolute Gasteiger partial charge is 0.480 e. The maximum Gasteiger partial charge on any atom is 0.321 e. The van der Waals surface area contributed by atoms with E-state index < -0.39 is 5.97 Å². The number of carbonyl (C=O) groups is 1. The molecule has 0 aromatic rings. The molecule has 1 heterocycles. The van der Waals surface area contributed by atoms with Crippen LogP contribution in [0, 0.1) is 5.41 Å². The van der Waals surface area contributed by atoms with E-state index in [4.69, 9.17) is 5.11 Å². The third-order valence-corrected chi connectivity index (χ3v) is 3.18. The van der Waals surface area contributed by atoms with Crippen molar-refractivity contribution in [2.75, 3.05) is 5.75 Å². The molecule has 2 atom stereocenters. The van der Waals surface area contributed by atoms with E-state index in [2.05, 4.69) is 26.1 Å². The number of carboxylic acids is 1. The first-order chi connectivity index (χ1) is 5.88. The minimum atomic E-state index is -0.732. The van der Waals surface area contributed by atoms with Gasteiger partial charge in [0, 0.05) is 5.75 Å². The molecule has 4 heteroatoms. The summed E-state index contributed by atoms with van der Waals surface area (Å²) in [4.78, 5) is 10.6. The van der Waals surface area contributed by atoms with Crippen molar-refractivity contribution in [1.82, 2.24) is 5.32 Å². The van der Waals surface area contributed by atoms with Gasteiger partial charge in [0.2, 0.25) is 0 Å². The highest BCUT2D eigenvalue weighted by Crippen LogP contribution is 2.30. The number of carboxylic acid groups (broad SMARTS) is 1. The van der Waals surface area contributed by atoms with Crippen LogP contribution in [-0.2, 0) is 4.79 Å². The van der Waals surface area contributed by atoms with Crippen LogP contribution in [0.15, 0.2) is 0 Å². The predicted octanol–water partition coefficient (Wildman–Crippen LogP) is 1.54. The summed E-state index contributed by atoms with van der Waals surface area (Å²) in [5, 5.41) is 12.2. The molecule has 76 valence electrons. The molecule has 0 spiro atoms. The number of rotatable bonds is 2. The molecular formula is C9H17NO2S. The Morgan fingerprint density at radius 2 is 2.23 bits per heavy atom. The van der Waals surface area contributed by atoms with Crippen molar-refractivity contribution in [2.45, 2.75) is 38.6 Å². The van der Waals surface area contributed by atoms with Gasteiger partial charge in [-0.3, -0.25) is 10.1 Å². The first-order valence-corrected chi connectivity index (χ1v) is 5.54. The minimum Gasteiger partial charge on any atom is -0.480 e. The van der Waals surface area contributed by atoms with E-state index >= 15 is 0 Å². The molecule has 1 unspecified atom stereocenters. The van der Waals surface area contributed by atoms with Gasteiger partial charge in [-0.15, -0.1) is 11.8 Å². The van der Waals surface area contributed by atoms with Gasteiger partial charge in [-0.25, -0.2) is 0 Å². The van der Waals surface area contributed by atoms with Gasteiger partial charge in [0.1, 0.15) is 6.04 Å². The van der Waals surface area contributed by atoms with Crippen LogP contribution in [0.25, 0.3) is 0 Å². The Labute approximate surface area is 83.3 Å². The molecule has 1 rings (SSSR count). The van der Waals surface area contributed by atoms with Gasteiger partial charge in [-0.05, 0) is 11.8 Å². The molecule has 2 N–H and O–H groups in total. The van der Waals surface area contributed by atoms with Crippen molar-refractivity contribution in [1.29, 1.82) is 0 Å². The van der Waals surface area contributed by atoms with Gasteiger partial charge in [0.05, 0.1) is 5.37 Å². The van der Waals surface area contributed by atoms with Crippen LogP contribution in [0.4, 0.5) is 0 Å². The quantitative estimate of drug-likeness (QED) is 0.714. The maximum absolute atomic E-state index is 10.6. The first-order valence-electron chi connectivity index (χ1n) is 4.49. The summed E-state index contributed by atoms with van der Waals surface area (Å²) in [5.74, 6) is -0.0419. The van der Waals surface area contributed by atoms with Crippen LogP contribution in [0.3, 0.4) is 0 Å². The zero-order valence-electron chi connectivity index (χ0n) is 8.33. The lowest BCUT2D eigenvalue weighted by molar-refractivity contribution is -0.138. The number of aliphatic carboxylic acids is 1. The topological polar surface area (TPSA) is 49.3 Å². The van der Waals surface area contributed by atoms with E-state index in [1.165, 1.54) is 0 Å². The zero-order chi connectivity index (χ0) is 10.1. The summed E-state index contributed by atoms with van der Waals surface area (Å²) in [6.45, 7) is 6.51. The molecule has 0 aromatic heterocycles. The molecule has 1 aliphatic rings. The normalized spacial score (nSPS) is 29.2. The monoisotopic (exact) mass is 203 g/mol. The van der Waals surface area contributed by atoms with Crippen LogP contribution in [-0.4, -0.2) is 28.2 Å². The van der Waals surface area contributed by atoms with Gasteiger partial charge in [-0.1, -0.05) is 20.8 Å². The standard InChI is InChI=1S/C9H17NO2S/c1-9(2,3)4-7-10-6(5-13-7)8(11)12/h6-7,10H,4-5H2,1-3H3,(H,11,12)/t6-,7?/m1/s1. The van der Waals surface area contributed by atoms with Crippen LogP contribution in [0.5, 0.6) is 0 Å². The van der Waals surface area contributed by atoms with E-state index in [0.29, 0.717) is 11.1 Å². The number of nitrogens with one attached hydrogen (secondary N) is 1. The Morgan fingerprint density at radius 3 is 2.62 bits per heavy atom. The summed E-state index contributed by atoms with van der Waals surface area (Å²) < 4.78 is 0. The van der Waals surface area contributed by atoms with E-state index in [1.54, 1.807) is 11.8 Å². The highest BCUT2D eigenvalue weighted by Gasteiger charge is 2.31. The molecular weight excluding hydrogens is 186 g/mol. The third kappa shape index (κ3) is 3.56. The van der Waals surface area contributed by atoms with Crippen molar-refractivity contribution in [3.8, 4) is 0 Å². The van der Waals surface area contributed by atoms with Crippen LogP contribution in [0.2, 0.25) is 0 Å². The lowest BCUT2D eigenvalue weighted by atomic mass is 9.92. The Hall–Kier alpha value is -0.220. The smallest absolute Gasteiger partial charge is 0.321 e. The average Bonchev–Trinajstić information content (AvgIpc) is 2.31. The molecule has 0 amide bonds. The summed E-state index contributed by atoms with van der Waals surface area (Å²) in [5.41, 5.74) is 0.262. The molecule has 1 aliphatic heterocycles. The highest BCUT2D eigenvalue weighted by molar-refractivity contribution is 8.00. The molecule has 0 radical (unpaired) electrons. The Kier molecular flexibility index (Phi) is 3.24. The van der Waals surface area contributed by atoms with Gasteiger partial charge >= 0.3 is 5.97 Å². The Morgan fingerprint density at radius 1 is 1.62 bits per heavy atom. The van der Waals surface area contributed by atoms with Crippen molar-refractivity contribution >= 4 is 17.7 Å². The fourth-order valence-corrected chi connectivity index (χ4v) is 2.89. The lowest BCUT2D eigenvalue weighted by Gasteiger charge is -2.22. The third-order valence-electron chi connectivity index (χ3n) is 1.95. The van der Waals surface area contributed by atoms with E-state index in [9.17, 15) is 4.79 Å². The lowest BCUT2D eigenvalue weighted by Crippen LogP contribution is -2.37. The summed E-state index contributed by atoms with van der Waals surface area (Å²) in [6.07, 6.45) is 1.02. The van der Waals surface area contributed by atoms with Gasteiger partial charge in [0.25, 0.3) is 0 Å². The molecule has 0 bridgehead atoms. The van der Waals surface area contributed by atoms with Crippen molar-refractivity contribution in [2.24, 2.45) is 5.41 Å². The maximum atomic E-state index is 10.6. The summed E-state index contributed by atoms with van der Waals surface area (Å²) >= 11 is 1.71. The van der Waals surface area contributed by atoms with Crippen molar-refractivity contribution < 1.29 is 9.90 Å². The summed E-state index contributed by atoms with van der Waals surface area (Å²) in [6, 6.07) is -0.350. The summed E-state index contributed by atoms with van der Waals surface area (Å²) in [7, 11) is 0. The van der Waals surface area contributed by atoms with Crippen molar-refractivity contribution in [3.05, 3.63) is 0 Å². The molecule has 0 saturated carbocycles. The van der Waals surface area contributed by atoms with Crippen molar-refractivity contribution in [3.63, 3.8) is 0 Å². The fourth-order valence-electron chi connectivity index (χ4n) is 1.35. The predicted molar refractivity (Wildman–Crippen MR) is 54.9 cm³/mol. The number of thioether (sulfide) groups is 1. The van der Waals surface area contributed by atoms with Gasteiger partial charge in [0.15, 0.2) is 0 Å². The Bertz CT molecular complexity index is 200. The molecule has 0 aromatic carbocycles. The molecule has 0 aliphatic carbocycles. The first kappa shape index (κ1) is 10.9. The molecule has 1 saturated heterocycles. The minimum absolute atomic E-state index is 0.262. The van der Waals surface area contributed by atoms with E-state index in [0.717, 1.165) is 6.42 Å². The number of hydrogen-bond donors (Lipinski definition) is 2. The van der Waals surface area contributed by atoms with E-state index in [1.807, 2.05) is 0 Å². The SMILES string of the molecule is CC(C)(C)CC1N[C@@H](C(=O)O)CS1. The van der Waals surface area contributed by atoms with Crippen LogP contribution in [0.1, 0.15) is 27.2 Å². The fraction of sp³-hybridized carbons (Fsp3) is 0.889. The van der Waals surface area contributed by atoms with Crippen LogP contribution < -0.4 is 5.32 Å². The highest BCUT2D eigenvalue weighted by atomic mass is 32.2.